The number of quaternary nitrogens is 1. The van der Waals surface area contributed by atoms with Crippen LogP contribution in [0.15, 0.2) is 0 Å². The van der Waals surface area contributed by atoms with Crippen molar-refractivity contribution in [3.8, 4) is 0 Å². The minimum absolute atomic E-state index is 0.109. The number of rotatable bonds is 23. The molecule has 0 N–H and O–H groups in total. The standard InChI is InChI=1S/C26H52NO3P/c1-6-8-10-11-12-13-14-15-16-17-18-19-20-22-26(29)31-30-25(23-27(3,4)5)24(28)21-9-7-2/h25H,6-23H2,1-5H3. The first-order valence-electron chi connectivity index (χ1n) is 13.0. The van der Waals surface area contributed by atoms with E-state index >= 15 is 0 Å². The lowest BCUT2D eigenvalue weighted by molar-refractivity contribution is -0.872. The minimum Gasteiger partial charge on any atom is -0.538 e. The third-order valence-corrected chi connectivity index (χ3v) is 6.41. The monoisotopic (exact) mass is 457 g/mol. The van der Waals surface area contributed by atoms with Crippen molar-refractivity contribution in [1.29, 1.82) is 0 Å². The fourth-order valence-electron chi connectivity index (χ4n) is 3.67. The lowest BCUT2D eigenvalue weighted by Crippen LogP contribution is -2.44. The predicted molar refractivity (Wildman–Crippen MR) is 135 cm³/mol. The summed E-state index contributed by atoms with van der Waals surface area (Å²) in [6, 6.07) is 0. The summed E-state index contributed by atoms with van der Waals surface area (Å²) in [6.45, 7) is 4.96. The molecule has 0 rings (SSSR count). The number of unbranched alkanes of at least 4 members (excludes halogenated alkanes) is 13. The lowest BCUT2D eigenvalue weighted by atomic mass is 10.0. The molecule has 0 aromatic rings. The Kier molecular flexibility index (Phi) is 20.1. The van der Waals surface area contributed by atoms with Crippen molar-refractivity contribution in [1.82, 2.24) is 0 Å². The van der Waals surface area contributed by atoms with Gasteiger partial charge in [-0.2, -0.15) is 0 Å². The average Bonchev–Trinajstić information content (AvgIpc) is 2.71. The lowest BCUT2D eigenvalue weighted by Gasteiger charge is -2.33. The van der Waals surface area contributed by atoms with Crippen LogP contribution in [-0.2, 0) is 14.1 Å². The van der Waals surface area contributed by atoms with Crippen LogP contribution in [0, 0.1) is 0 Å². The van der Waals surface area contributed by atoms with Crippen molar-refractivity contribution in [2.45, 2.75) is 129 Å². The number of hydrogen-bond donors (Lipinski definition) is 0. The maximum absolute atomic E-state index is 12.4. The van der Waals surface area contributed by atoms with Crippen molar-refractivity contribution in [3.05, 3.63) is 0 Å². The van der Waals surface area contributed by atoms with E-state index in [1.54, 1.807) is 0 Å². The summed E-state index contributed by atoms with van der Waals surface area (Å²) in [5.74, 6) is 0.135. The highest BCUT2D eigenvalue weighted by atomic mass is 31.1. The van der Waals surface area contributed by atoms with E-state index in [1.165, 1.54) is 70.6 Å². The molecule has 1 atom stereocenters. The molecule has 5 heteroatoms. The molecule has 0 bridgehead atoms. The number of hydrogen-bond acceptors (Lipinski definition) is 3. The summed E-state index contributed by atoms with van der Waals surface area (Å²) < 4.78 is 6.42. The van der Waals surface area contributed by atoms with Gasteiger partial charge in [-0.3, -0.25) is 4.79 Å². The molecule has 0 fully saturated rings. The van der Waals surface area contributed by atoms with Crippen LogP contribution in [0.1, 0.15) is 123 Å². The van der Waals surface area contributed by atoms with Crippen molar-refractivity contribution in [3.63, 3.8) is 0 Å². The van der Waals surface area contributed by atoms with Gasteiger partial charge in [-0.25, -0.2) is 0 Å². The Balaban J connectivity index is 3.77. The molecule has 31 heavy (non-hydrogen) atoms. The second-order valence-corrected chi connectivity index (χ2v) is 11.0. The van der Waals surface area contributed by atoms with Crippen LogP contribution in [0.5, 0.6) is 0 Å². The van der Waals surface area contributed by atoms with E-state index in [1.807, 2.05) is 0 Å². The van der Waals surface area contributed by atoms with Crippen LogP contribution in [0.2, 0.25) is 0 Å². The van der Waals surface area contributed by atoms with Gasteiger partial charge in [-0.1, -0.05) is 97.3 Å². The Morgan fingerprint density at radius 2 is 1.13 bits per heavy atom. The summed E-state index contributed by atoms with van der Waals surface area (Å²) >= 11 is 0. The van der Waals surface area contributed by atoms with Gasteiger partial charge in [0.1, 0.15) is 12.6 Å². The molecular formula is C26H52NO3P. The third kappa shape index (κ3) is 21.3. The van der Waals surface area contributed by atoms with Crippen LogP contribution in [0.4, 0.5) is 0 Å². The second-order valence-electron chi connectivity index (χ2n) is 10.1. The van der Waals surface area contributed by atoms with E-state index in [9.17, 15) is 9.59 Å². The van der Waals surface area contributed by atoms with E-state index in [4.69, 9.17) is 4.52 Å². The largest absolute Gasteiger partial charge is 0.538 e. The highest BCUT2D eigenvalue weighted by Crippen LogP contribution is 2.23. The molecule has 0 amide bonds. The molecule has 0 saturated carbocycles. The molecule has 0 heterocycles. The fraction of sp³-hybridized carbons (Fsp3) is 0.923. The van der Waals surface area contributed by atoms with Gasteiger partial charge in [-0.15, -0.1) is 0 Å². The Morgan fingerprint density at radius 3 is 1.58 bits per heavy atom. The van der Waals surface area contributed by atoms with Crippen LogP contribution in [0.3, 0.4) is 0 Å². The first-order valence-corrected chi connectivity index (χ1v) is 13.8. The normalized spacial score (nSPS) is 13.2. The smallest absolute Gasteiger partial charge is 0.164 e. The zero-order valence-electron chi connectivity index (χ0n) is 21.4. The molecule has 0 aromatic carbocycles. The van der Waals surface area contributed by atoms with Crippen molar-refractivity contribution >= 4 is 20.1 Å². The molecule has 0 saturated heterocycles. The van der Waals surface area contributed by atoms with E-state index < -0.39 is 6.10 Å². The zero-order chi connectivity index (χ0) is 23.4. The summed E-state index contributed by atoms with van der Waals surface area (Å²) in [5, 5.41) is 0. The van der Waals surface area contributed by atoms with Crippen LogP contribution >= 0.6 is 8.81 Å². The van der Waals surface area contributed by atoms with Crippen LogP contribution < -0.4 is 0 Å². The number of likely N-dealkylation sites (N-methyl/N-ethyl adjacent to an activating group) is 1. The van der Waals surface area contributed by atoms with E-state index in [-0.39, 0.29) is 11.3 Å². The number of nitrogens with zero attached hydrogens (tertiary/aromatic N) is 1. The molecule has 184 valence electrons. The summed E-state index contributed by atoms with van der Waals surface area (Å²) in [5.41, 5.74) is 0.109. The molecule has 1 unspecified atom stereocenters. The first kappa shape index (κ1) is 30.7. The molecular weight excluding hydrogens is 405 g/mol. The zero-order valence-corrected chi connectivity index (χ0v) is 22.3. The van der Waals surface area contributed by atoms with Crippen molar-refractivity contribution in [2.75, 3.05) is 27.7 Å². The molecule has 4 nitrogen and oxygen atoms in total. The van der Waals surface area contributed by atoms with Gasteiger partial charge in [0.15, 0.2) is 5.78 Å². The SMILES string of the molecule is CCCCCCCCCCCCCCCC(=O)[P-]OC(C[N+](C)(C)C)C(=O)CCCC. The maximum atomic E-state index is 12.4. The Morgan fingerprint density at radius 1 is 0.677 bits per heavy atom. The molecule has 0 aliphatic carbocycles. The second kappa shape index (κ2) is 20.3. The molecule has 0 aliphatic rings. The highest BCUT2D eigenvalue weighted by molar-refractivity contribution is 7.53. The van der Waals surface area contributed by atoms with Gasteiger partial charge >= 0.3 is 0 Å². The minimum atomic E-state index is -0.469. The summed E-state index contributed by atoms with van der Waals surface area (Å²) in [4.78, 5) is 24.6. The maximum Gasteiger partial charge on any atom is 0.164 e. The predicted octanol–water partition coefficient (Wildman–Crippen LogP) is 7.71. The number of ketones is 1. The van der Waals surface area contributed by atoms with Gasteiger partial charge < -0.3 is 22.6 Å². The van der Waals surface area contributed by atoms with E-state index in [0.29, 0.717) is 32.7 Å². The first-order chi connectivity index (χ1) is 14.8. The van der Waals surface area contributed by atoms with Gasteiger partial charge in [0.05, 0.1) is 21.1 Å². The number of Topliss-reactive ketones (excluding diaryl/α,β-unsaturated/α-hetero) is 1. The Bertz CT molecular complexity index is 448. The van der Waals surface area contributed by atoms with Crippen molar-refractivity contribution in [2.24, 2.45) is 0 Å². The molecule has 0 aliphatic heterocycles. The van der Waals surface area contributed by atoms with Crippen LogP contribution in [0.25, 0.3) is 0 Å². The van der Waals surface area contributed by atoms with Gasteiger partial charge in [-0.05, 0) is 19.3 Å². The highest BCUT2D eigenvalue weighted by Gasteiger charge is 2.22. The van der Waals surface area contributed by atoms with Crippen molar-refractivity contribution < 1.29 is 18.6 Å². The third-order valence-electron chi connectivity index (χ3n) is 5.63. The summed E-state index contributed by atoms with van der Waals surface area (Å²) in [7, 11) is 6.51. The molecule has 0 radical (unpaired) electrons. The van der Waals surface area contributed by atoms with Gasteiger partial charge in [0, 0.05) is 11.9 Å². The summed E-state index contributed by atoms with van der Waals surface area (Å²) in [6.07, 6.45) is 19.5. The molecule has 0 aromatic heterocycles. The quantitative estimate of drug-likeness (QED) is 0.0896. The van der Waals surface area contributed by atoms with Gasteiger partial charge in [0.2, 0.25) is 0 Å². The number of carbonyl (C=O) groups is 2. The average molecular weight is 458 g/mol. The number of carbonyl (C=O) groups excluding carboxylic acids is 2. The molecule has 0 spiro atoms. The topological polar surface area (TPSA) is 43.4 Å². The van der Waals surface area contributed by atoms with Gasteiger partial charge in [0.25, 0.3) is 0 Å². The van der Waals surface area contributed by atoms with E-state index in [0.717, 1.165) is 25.7 Å². The Hall–Kier alpha value is -0.310. The Labute approximate surface area is 195 Å². The fourth-order valence-corrected chi connectivity index (χ4v) is 4.34. The van der Waals surface area contributed by atoms with Crippen LogP contribution in [-0.4, -0.2) is 49.6 Å². The van der Waals surface area contributed by atoms with E-state index in [2.05, 4.69) is 35.0 Å².